The van der Waals surface area contributed by atoms with Crippen molar-refractivity contribution < 1.29 is 4.79 Å². The van der Waals surface area contributed by atoms with Gasteiger partial charge >= 0.3 is 0 Å². The SMILES string of the molecule is CC(C)N(Cc1cccnc1)C(=O)c1ccnc(CN)c1. The van der Waals surface area contributed by atoms with Crippen molar-refractivity contribution in [2.75, 3.05) is 0 Å². The van der Waals surface area contributed by atoms with Crippen molar-refractivity contribution in [2.24, 2.45) is 5.73 Å². The molecule has 0 aromatic carbocycles. The summed E-state index contributed by atoms with van der Waals surface area (Å²) in [6.07, 6.45) is 5.12. The summed E-state index contributed by atoms with van der Waals surface area (Å²) in [4.78, 5) is 22.7. The molecular formula is C16H20N4O. The minimum Gasteiger partial charge on any atom is -0.332 e. The summed E-state index contributed by atoms with van der Waals surface area (Å²) in [5, 5.41) is 0. The van der Waals surface area contributed by atoms with Gasteiger partial charge in [0.25, 0.3) is 5.91 Å². The zero-order chi connectivity index (χ0) is 15.2. The van der Waals surface area contributed by atoms with Crippen LogP contribution in [0.3, 0.4) is 0 Å². The zero-order valence-corrected chi connectivity index (χ0v) is 12.4. The largest absolute Gasteiger partial charge is 0.332 e. The average molecular weight is 284 g/mol. The van der Waals surface area contributed by atoms with Crippen molar-refractivity contribution in [3.63, 3.8) is 0 Å². The Balaban J connectivity index is 2.23. The van der Waals surface area contributed by atoms with Crippen molar-refractivity contribution in [1.82, 2.24) is 14.9 Å². The van der Waals surface area contributed by atoms with Crippen molar-refractivity contribution in [3.8, 4) is 0 Å². The molecule has 0 aliphatic carbocycles. The number of pyridine rings is 2. The lowest BCUT2D eigenvalue weighted by molar-refractivity contribution is 0.0690. The standard InChI is InChI=1S/C16H20N4O/c1-12(2)20(11-13-4-3-6-18-10-13)16(21)14-5-7-19-15(8-14)9-17/h3-8,10,12H,9,11,17H2,1-2H3. The molecule has 2 heterocycles. The molecule has 0 saturated carbocycles. The Morgan fingerprint density at radius 2 is 2.14 bits per heavy atom. The van der Waals surface area contributed by atoms with Crippen LogP contribution in [0.5, 0.6) is 0 Å². The van der Waals surface area contributed by atoms with E-state index in [1.165, 1.54) is 0 Å². The molecule has 110 valence electrons. The van der Waals surface area contributed by atoms with Crippen molar-refractivity contribution in [1.29, 1.82) is 0 Å². The first kappa shape index (κ1) is 15.1. The van der Waals surface area contributed by atoms with E-state index in [0.717, 1.165) is 5.56 Å². The van der Waals surface area contributed by atoms with Gasteiger partial charge in [0, 0.05) is 43.3 Å². The van der Waals surface area contributed by atoms with Crippen molar-refractivity contribution in [3.05, 3.63) is 59.7 Å². The first-order valence-corrected chi connectivity index (χ1v) is 6.96. The second-order valence-electron chi connectivity index (χ2n) is 5.13. The van der Waals surface area contributed by atoms with Gasteiger partial charge in [-0.2, -0.15) is 0 Å². The fraction of sp³-hybridized carbons (Fsp3) is 0.312. The second-order valence-corrected chi connectivity index (χ2v) is 5.13. The Bertz CT molecular complexity index is 598. The molecule has 0 aliphatic heterocycles. The summed E-state index contributed by atoms with van der Waals surface area (Å²) in [7, 11) is 0. The van der Waals surface area contributed by atoms with Crippen LogP contribution in [-0.2, 0) is 13.1 Å². The van der Waals surface area contributed by atoms with Gasteiger partial charge in [-0.3, -0.25) is 14.8 Å². The predicted octanol–water partition coefficient (Wildman–Crippen LogP) is 1.99. The summed E-state index contributed by atoms with van der Waals surface area (Å²) in [6, 6.07) is 7.40. The van der Waals surface area contributed by atoms with Crippen LogP contribution < -0.4 is 5.73 Å². The van der Waals surface area contributed by atoms with Crippen LogP contribution in [0, 0.1) is 0 Å². The number of nitrogens with zero attached hydrogens (tertiary/aromatic N) is 3. The molecule has 0 saturated heterocycles. The Labute approximate surface area is 124 Å². The lowest BCUT2D eigenvalue weighted by Gasteiger charge is -2.27. The maximum Gasteiger partial charge on any atom is 0.254 e. The molecule has 1 amide bonds. The van der Waals surface area contributed by atoms with Gasteiger partial charge in [0.05, 0.1) is 5.69 Å². The molecule has 0 spiro atoms. The summed E-state index contributed by atoms with van der Waals surface area (Å²) >= 11 is 0. The molecule has 2 rings (SSSR count). The van der Waals surface area contributed by atoms with Gasteiger partial charge in [-0.05, 0) is 37.6 Å². The number of aromatic nitrogens is 2. The highest BCUT2D eigenvalue weighted by Gasteiger charge is 2.19. The first-order valence-electron chi connectivity index (χ1n) is 6.96. The third-order valence-corrected chi connectivity index (χ3v) is 3.23. The van der Waals surface area contributed by atoms with Gasteiger partial charge in [0.15, 0.2) is 0 Å². The monoisotopic (exact) mass is 284 g/mol. The third-order valence-electron chi connectivity index (χ3n) is 3.23. The van der Waals surface area contributed by atoms with E-state index >= 15 is 0 Å². The Hall–Kier alpha value is -2.27. The molecule has 2 aromatic rings. The molecule has 2 aromatic heterocycles. The Kier molecular flexibility index (Phi) is 5.00. The van der Waals surface area contributed by atoms with Crippen LogP contribution >= 0.6 is 0 Å². The van der Waals surface area contributed by atoms with Gasteiger partial charge in [-0.1, -0.05) is 6.07 Å². The van der Waals surface area contributed by atoms with Gasteiger partial charge < -0.3 is 10.6 Å². The summed E-state index contributed by atoms with van der Waals surface area (Å²) < 4.78 is 0. The number of amides is 1. The van der Waals surface area contributed by atoms with E-state index in [1.807, 2.05) is 30.9 Å². The number of carbonyl (C=O) groups is 1. The highest BCUT2D eigenvalue weighted by Crippen LogP contribution is 2.13. The molecule has 0 fully saturated rings. The maximum absolute atomic E-state index is 12.7. The van der Waals surface area contributed by atoms with Crippen LogP contribution in [0.2, 0.25) is 0 Å². The molecule has 5 nitrogen and oxygen atoms in total. The number of carbonyl (C=O) groups excluding carboxylic acids is 1. The molecule has 0 atom stereocenters. The van der Waals surface area contributed by atoms with Gasteiger partial charge in [-0.25, -0.2) is 0 Å². The molecule has 0 bridgehead atoms. The molecule has 21 heavy (non-hydrogen) atoms. The van der Waals surface area contributed by atoms with Crippen LogP contribution in [0.1, 0.15) is 35.5 Å². The first-order chi connectivity index (χ1) is 10.1. The van der Waals surface area contributed by atoms with E-state index < -0.39 is 0 Å². The highest BCUT2D eigenvalue weighted by atomic mass is 16.2. The van der Waals surface area contributed by atoms with E-state index in [2.05, 4.69) is 9.97 Å². The molecule has 0 aliphatic rings. The zero-order valence-electron chi connectivity index (χ0n) is 12.4. The lowest BCUT2D eigenvalue weighted by atomic mass is 10.1. The topological polar surface area (TPSA) is 72.1 Å². The Morgan fingerprint density at radius 3 is 2.76 bits per heavy atom. The van der Waals surface area contributed by atoms with Gasteiger partial charge in [0.2, 0.25) is 0 Å². The van der Waals surface area contributed by atoms with Crippen LogP contribution in [0.25, 0.3) is 0 Å². The number of hydrogen-bond acceptors (Lipinski definition) is 4. The van der Waals surface area contributed by atoms with Gasteiger partial charge in [0.1, 0.15) is 0 Å². The minimum absolute atomic E-state index is 0.0223. The number of nitrogens with two attached hydrogens (primary N) is 1. The Morgan fingerprint density at radius 1 is 1.33 bits per heavy atom. The fourth-order valence-electron chi connectivity index (χ4n) is 2.07. The molecule has 0 radical (unpaired) electrons. The second kappa shape index (κ2) is 6.95. The van der Waals surface area contributed by atoms with Crippen LogP contribution in [0.15, 0.2) is 42.9 Å². The summed E-state index contributed by atoms with van der Waals surface area (Å²) in [5.41, 5.74) is 7.92. The summed E-state index contributed by atoms with van der Waals surface area (Å²) in [5.74, 6) is -0.0223. The van der Waals surface area contributed by atoms with Crippen LogP contribution in [-0.4, -0.2) is 26.8 Å². The van der Waals surface area contributed by atoms with E-state index in [9.17, 15) is 4.79 Å². The summed E-state index contributed by atoms with van der Waals surface area (Å²) in [6.45, 7) is 4.86. The van der Waals surface area contributed by atoms with E-state index in [0.29, 0.717) is 24.3 Å². The number of hydrogen-bond donors (Lipinski definition) is 1. The predicted molar refractivity (Wildman–Crippen MR) is 81.4 cm³/mol. The average Bonchev–Trinajstić information content (AvgIpc) is 2.52. The highest BCUT2D eigenvalue weighted by molar-refractivity contribution is 5.94. The van der Waals surface area contributed by atoms with Crippen LogP contribution in [0.4, 0.5) is 0 Å². The smallest absolute Gasteiger partial charge is 0.254 e. The maximum atomic E-state index is 12.7. The lowest BCUT2D eigenvalue weighted by Crippen LogP contribution is -2.36. The fourth-order valence-corrected chi connectivity index (χ4v) is 2.07. The van der Waals surface area contributed by atoms with E-state index in [-0.39, 0.29) is 11.9 Å². The molecule has 0 unspecified atom stereocenters. The minimum atomic E-state index is -0.0223. The van der Waals surface area contributed by atoms with Crippen molar-refractivity contribution >= 4 is 5.91 Å². The quantitative estimate of drug-likeness (QED) is 0.911. The molecular weight excluding hydrogens is 264 g/mol. The third kappa shape index (κ3) is 3.86. The number of rotatable bonds is 5. The van der Waals surface area contributed by atoms with E-state index in [4.69, 9.17) is 5.73 Å². The van der Waals surface area contributed by atoms with Crippen molar-refractivity contribution in [2.45, 2.75) is 33.0 Å². The normalized spacial score (nSPS) is 10.7. The molecule has 5 heteroatoms. The molecule has 2 N–H and O–H groups in total. The van der Waals surface area contributed by atoms with E-state index in [1.54, 1.807) is 30.7 Å². The van der Waals surface area contributed by atoms with Gasteiger partial charge in [-0.15, -0.1) is 0 Å².